The maximum absolute atomic E-state index is 12.5. The summed E-state index contributed by atoms with van der Waals surface area (Å²) in [6.45, 7) is 3.23. The zero-order valence-corrected chi connectivity index (χ0v) is 15.6. The van der Waals surface area contributed by atoms with Crippen molar-refractivity contribution < 1.29 is 9.53 Å². The third-order valence-electron chi connectivity index (χ3n) is 4.55. The van der Waals surface area contributed by atoms with Crippen molar-refractivity contribution in [3.63, 3.8) is 0 Å². The minimum absolute atomic E-state index is 0.139. The van der Waals surface area contributed by atoms with Crippen molar-refractivity contribution in [3.05, 3.63) is 90.3 Å². The van der Waals surface area contributed by atoms with E-state index in [4.69, 9.17) is 4.74 Å². The predicted octanol–water partition coefficient (Wildman–Crippen LogP) is 4.81. The molecule has 0 aliphatic rings. The summed E-state index contributed by atoms with van der Waals surface area (Å²) >= 11 is 0. The Kier molecular flexibility index (Phi) is 5.17. The van der Waals surface area contributed by atoms with Gasteiger partial charge in [-0.2, -0.15) is 0 Å². The third-order valence-corrected chi connectivity index (χ3v) is 4.55. The van der Waals surface area contributed by atoms with E-state index in [1.807, 2.05) is 84.3 Å². The van der Waals surface area contributed by atoms with Crippen LogP contribution in [0.2, 0.25) is 0 Å². The Labute approximate surface area is 163 Å². The average Bonchev–Trinajstić information content (AvgIpc) is 3.17. The zero-order chi connectivity index (χ0) is 19.3. The second-order valence-electron chi connectivity index (χ2n) is 6.44. The summed E-state index contributed by atoms with van der Waals surface area (Å²) in [4.78, 5) is 16.9. The summed E-state index contributed by atoms with van der Waals surface area (Å²) in [6.07, 6.45) is 1.80. The Hall–Kier alpha value is -3.44. The van der Waals surface area contributed by atoms with Gasteiger partial charge in [0.25, 0.3) is 5.91 Å². The van der Waals surface area contributed by atoms with Crippen LogP contribution < -0.4 is 5.32 Å². The molecule has 0 fully saturated rings. The number of benzene rings is 3. The normalized spacial score (nSPS) is 10.9. The number of carbonyl (C=O) groups excluding carboxylic acids is 1. The van der Waals surface area contributed by atoms with Crippen molar-refractivity contribution in [1.29, 1.82) is 0 Å². The number of imidazole rings is 1. The summed E-state index contributed by atoms with van der Waals surface area (Å²) < 4.78 is 7.39. The van der Waals surface area contributed by atoms with E-state index in [-0.39, 0.29) is 5.91 Å². The Balaban J connectivity index is 1.47. The first-order valence-corrected chi connectivity index (χ1v) is 9.25. The standard InChI is InChI=1S/C23H21N3O2/c1-2-28-15-17-7-11-19(12-8-17)25-23(27)18-9-13-20(14-10-18)26-16-24-21-5-3-4-6-22(21)26/h3-14,16H,2,15H2,1H3,(H,25,27). The van der Waals surface area contributed by atoms with Gasteiger partial charge in [0.15, 0.2) is 0 Å². The monoisotopic (exact) mass is 371 g/mol. The van der Waals surface area contributed by atoms with Gasteiger partial charge in [0.1, 0.15) is 6.33 Å². The molecule has 0 spiro atoms. The fourth-order valence-corrected chi connectivity index (χ4v) is 3.05. The van der Waals surface area contributed by atoms with Gasteiger partial charge in [0.05, 0.1) is 17.6 Å². The van der Waals surface area contributed by atoms with Crippen molar-refractivity contribution in [3.8, 4) is 5.69 Å². The highest BCUT2D eigenvalue weighted by molar-refractivity contribution is 6.04. The lowest BCUT2D eigenvalue weighted by Crippen LogP contribution is -2.12. The highest BCUT2D eigenvalue weighted by atomic mass is 16.5. The fourth-order valence-electron chi connectivity index (χ4n) is 3.05. The molecular formula is C23H21N3O2. The van der Waals surface area contributed by atoms with Gasteiger partial charge < -0.3 is 10.1 Å². The number of nitrogens with one attached hydrogen (secondary N) is 1. The lowest BCUT2D eigenvalue weighted by Gasteiger charge is -2.08. The smallest absolute Gasteiger partial charge is 0.255 e. The van der Waals surface area contributed by atoms with Crippen molar-refractivity contribution in [1.82, 2.24) is 9.55 Å². The van der Waals surface area contributed by atoms with E-state index >= 15 is 0 Å². The SMILES string of the molecule is CCOCc1ccc(NC(=O)c2ccc(-n3cnc4ccccc43)cc2)cc1. The number of hydrogen-bond donors (Lipinski definition) is 1. The van der Waals surface area contributed by atoms with Gasteiger partial charge in [-0.3, -0.25) is 9.36 Å². The highest BCUT2D eigenvalue weighted by Gasteiger charge is 2.08. The molecule has 4 aromatic rings. The van der Waals surface area contributed by atoms with Crippen LogP contribution in [0.1, 0.15) is 22.8 Å². The van der Waals surface area contributed by atoms with Crippen LogP contribution in [0.4, 0.5) is 5.69 Å². The molecule has 0 atom stereocenters. The molecule has 1 amide bonds. The van der Waals surface area contributed by atoms with Crippen LogP contribution in [0.25, 0.3) is 16.7 Å². The first kappa shape index (κ1) is 17.9. The van der Waals surface area contributed by atoms with Crippen LogP contribution in [0.15, 0.2) is 79.1 Å². The number of aromatic nitrogens is 2. The summed E-state index contributed by atoms with van der Waals surface area (Å²) in [6, 6.07) is 23.1. The van der Waals surface area contributed by atoms with E-state index in [0.717, 1.165) is 28.0 Å². The Morgan fingerprint density at radius 3 is 2.50 bits per heavy atom. The van der Waals surface area contributed by atoms with E-state index in [1.54, 1.807) is 6.33 Å². The van der Waals surface area contributed by atoms with Crippen LogP contribution in [0, 0.1) is 0 Å². The topological polar surface area (TPSA) is 56.1 Å². The Morgan fingerprint density at radius 1 is 1.00 bits per heavy atom. The number of carbonyl (C=O) groups is 1. The van der Waals surface area contributed by atoms with Gasteiger partial charge in [-0.15, -0.1) is 0 Å². The number of anilines is 1. The summed E-state index contributed by atoms with van der Waals surface area (Å²) in [7, 11) is 0. The van der Waals surface area contributed by atoms with E-state index < -0.39 is 0 Å². The summed E-state index contributed by atoms with van der Waals surface area (Å²) in [5, 5.41) is 2.93. The molecule has 0 unspecified atom stereocenters. The number of para-hydroxylation sites is 2. The number of hydrogen-bond acceptors (Lipinski definition) is 3. The van der Waals surface area contributed by atoms with Gasteiger partial charge >= 0.3 is 0 Å². The van der Waals surface area contributed by atoms with Crippen LogP contribution >= 0.6 is 0 Å². The van der Waals surface area contributed by atoms with Crippen LogP contribution in [-0.2, 0) is 11.3 Å². The second-order valence-corrected chi connectivity index (χ2v) is 6.44. The highest BCUT2D eigenvalue weighted by Crippen LogP contribution is 2.19. The van der Waals surface area contributed by atoms with Crippen LogP contribution in [-0.4, -0.2) is 22.1 Å². The van der Waals surface area contributed by atoms with E-state index in [1.165, 1.54) is 0 Å². The van der Waals surface area contributed by atoms with Gasteiger partial charge in [-0.05, 0) is 61.0 Å². The molecule has 0 saturated carbocycles. The number of fused-ring (bicyclic) bond motifs is 1. The lowest BCUT2D eigenvalue weighted by molar-refractivity contribution is 0.102. The quantitative estimate of drug-likeness (QED) is 0.529. The fraction of sp³-hybridized carbons (Fsp3) is 0.130. The molecule has 0 aliphatic heterocycles. The molecular weight excluding hydrogens is 350 g/mol. The third kappa shape index (κ3) is 3.80. The molecule has 4 rings (SSSR count). The van der Waals surface area contributed by atoms with Crippen LogP contribution in [0.5, 0.6) is 0 Å². The number of nitrogens with zero attached hydrogens (tertiary/aromatic N) is 2. The zero-order valence-electron chi connectivity index (χ0n) is 15.6. The summed E-state index contributed by atoms with van der Waals surface area (Å²) in [5.41, 5.74) is 5.38. The number of ether oxygens (including phenoxy) is 1. The van der Waals surface area contributed by atoms with Crippen molar-refractivity contribution in [2.24, 2.45) is 0 Å². The Morgan fingerprint density at radius 2 is 1.75 bits per heavy atom. The van der Waals surface area contributed by atoms with Crippen molar-refractivity contribution >= 4 is 22.6 Å². The average molecular weight is 371 g/mol. The first-order chi connectivity index (χ1) is 13.7. The van der Waals surface area contributed by atoms with Crippen molar-refractivity contribution in [2.75, 3.05) is 11.9 Å². The maximum atomic E-state index is 12.5. The van der Waals surface area contributed by atoms with E-state index in [2.05, 4.69) is 10.3 Å². The lowest BCUT2D eigenvalue weighted by atomic mass is 10.1. The predicted molar refractivity (Wildman–Crippen MR) is 111 cm³/mol. The van der Waals surface area contributed by atoms with Gasteiger partial charge in [0.2, 0.25) is 0 Å². The van der Waals surface area contributed by atoms with Crippen LogP contribution in [0.3, 0.4) is 0 Å². The molecule has 0 bridgehead atoms. The first-order valence-electron chi connectivity index (χ1n) is 9.25. The molecule has 0 aliphatic carbocycles. The van der Waals surface area contributed by atoms with Gasteiger partial charge in [-0.1, -0.05) is 24.3 Å². The molecule has 1 aromatic heterocycles. The minimum Gasteiger partial charge on any atom is -0.377 e. The van der Waals surface area contributed by atoms with E-state index in [0.29, 0.717) is 18.8 Å². The second kappa shape index (κ2) is 8.06. The molecule has 1 N–H and O–H groups in total. The molecule has 0 radical (unpaired) electrons. The Bertz CT molecular complexity index is 1080. The van der Waals surface area contributed by atoms with Gasteiger partial charge in [0, 0.05) is 23.5 Å². The van der Waals surface area contributed by atoms with Crippen molar-refractivity contribution in [2.45, 2.75) is 13.5 Å². The molecule has 0 saturated heterocycles. The number of amides is 1. The molecule has 1 heterocycles. The number of rotatable bonds is 6. The molecule has 140 valence electrons. The largest absolute Gasteiger partial charge is 0.377 e. The minimum atomic E-state index is -0.139. The molecule has 5 nitrogen and oxygen atoms in total. The maximum Gasteiger partial charge on any atom is 0.255 e. The van der Waals surface area contributed by atoms with Gasteiger partial charge in [-0.25, -0.2) is 4.98 Å². The summed E-state index contributed by atoms with van der Waals surface area (Å²) in [5.74, 6) is -0.139. The van der Waals surface area contributed by atoms with E-state index in [9.17, 15) is 4.79 Å². The molecule has 5 heteroatoms. The molecule has 28 heavy (non-hydrogen) atoms. The molecule has 3 aromatic carbocycles.